The average molecular weight is 309 g/mol. The van der Waals surface area contributed by atoms with Crippen LogP contribution in [0.1, 0.15) is 20.7 Å². The summed E-state index contributed by atoms with van der Waals surface area (Å²) in [6, 6.07) is 7.85. The molecule has 0 amide bonds. The van der Waals surface area contributed by atoms with Crippen molar-refractivity contribution < 1.29 is 23.5 Å². The van der Waals surface area contributed by atoms with Gasteiger partial charge in [-0.1, -0.05) is 12.1 Å². The first-order valence-electron chi connectivity index (χ1n) is 5.71. The van der Waals surface area contributed by atoms with Crippen molar-refractivity contribution in [2.75, 3.05) is 4.72 Å². The summed E-state index contributed by atoms with van der Waals surface area (Å²) < 4.78 is 29.7. The van der Waals surface area contributed by atoms with Crippen molar-refractivity contribution in [1.29, 1.82) is 0 Å². The summed E-state index contributed by atoms with van der Waals surface area (Å²) in [5.74, 6) is -3.43. The molecule has 0 aromatic heterocycles. The fourth-order valence-corrected chi connectivity index (χ4v) is 2.17. The molecule has 0 bridgehead atoms. The van der Waals surface area contributed by atoms with Crippen LogP contribution in [-0.4, -0.2) is 17.4 Å². The minimum atomic E-state index is -1.53. The van der Waals surface area contributed by atoms with Crippen molar-refractivity contribution in [1.82, 2.24) is 0 Å². The Morgan fingerprint density at radius 2 is 1.81 bits per heavy atom. The van der Waals surface area contributed by atoms with Gasteiger partial charge < -0.3 is 9.83 Å². The summed E-state index contributed by atoms with van der Waals surface area (Å²) in [5.41, 5.74) is -0.386. The Bertz CT molecular complexity index is 689. The Morgan fingerprint density at radius 3 is 2.38 bits per heavy atom. The quantitative estimate of drug-likeness (QED) is 0.652. The van der Waals surface area contributed by atoms with Gasteiger partial charge in [0.25, 0.3) is 0 Å². The lowest BCUT2D eigenvalue weighted by atomic mass is 10.2. The smallest absolute Gasteiger partial charge is 0.338 e. The second kappa shape index (κ2) is 6.36. The fraction of sp³-hybridized carbons (Fsp3) is 0. The van der Waals surface area contributed by atoms with Gasteiger partial charge in [0, 0.05) is 16.5 Å². The maximum Gasteiger partial charge on any atom is 0.338 e. The van der Waals surface area contributed by atoms with Crippen LogP contribution in [0.4, 0.5) is 14.5 Å². The molecule has 0 aliphatic rings. The normalized spacial score (nSPS) is 10.2. The van der Waals surface area contributed by atoms with Crippen LogP contribution < -0.4 is 4.72 Å². The molecule has 0 fully saturated rings. The second-order valence-corrected chi connectivity index (χ2v) is 4.89. The zero-order chi connectivity index (χ0) is 15.4. The van der Waals surface area contributed by atoms with Crippen LogP contribution in [0.5, 0.6) is 0 Å². The van der Waals surface area contributed by atoms with Gasteiger partial charge in [-0.05, 0) is 30.1 Å². The zero-order valence-electron chi connectivity index (χ0n) is 10.5. The Kier molecular flexibility index (Phi) is 4.54. The number of benzene rings is 2. The van der Waals surface area contributed by atoms with E-state index in [1.165, 1.54) is 0 Å². The molecule has 0 saturated heterocycles. The molecule has 0 aliphatic heterocycles. The minimum Gasteiger partial charge on any atom is -0.478 e. The Hall–Kier alpha value is -2.41. The largest absolute Gasteiger partial charge is 0.478 e. The molecule has 4 nitrogen and oxygen atoms in total. The number of hydrogen-bond donors (Lipinski definition) is 2. The molecule has 0 saturated carbocycles. The van der Waals surface area contributed by atoms with Gasteiger partial charge in [-0.3, -0.25) is 4.79 Å². The van der Waals surface area contributed by atoms with E-state index in [1.54, 1.807) is 24.3 Å². The minimum absolute atomic E-state index is 0.165. The number of carboxylic acid groups (broad SMARTS) is 1. The van der Waals surface area contributed by atoms with Crippen LogP contribution in [0.2, 0.25) is 0 Å². The molecular formula is C14H9F2NO3S. The predicted octanol–water partition coefficient (Wildman–Crippen LogP) is 3.59. The lowest BCUT2D eigenvalue weighted by molar-refractivity contribution is 0.0691. The van der Waals surface area contributed by atoms with Gasteiger partial charge in [0.05, 0.1) is 11.3 Å². The van der Waals surface area contributed by atoms with Gasteiger partial charge in [-0.2, -0.15) is 0 Å². The molecule has 0 atom stereocenters. The molecule has 108 valence electrons. The first kappa shape index (κ1) is 15.0. The molecule has 2 rings (SSSR count). The summed E-state index contributed by atoms with van der Waals surface area (Å²) in [4.78, 5) is 21.9. The van der Waals surface area contributed by atoms with Crippen molar-refractivity contribution in [2.24, 2.45) is 0 Å². The van der Waals surface area contributed by atoms with E-state index in [0.717, 1.165) is 18.0 Å². The lowest BCUT2D eigenvalue weighted by Crippen LogP contribution is -2.03. The van der Waals surface area contributed by atoms with Gasteiger partial charge >= 0.3 is 5.97 Å². The maximum atomic E-state index is 13.7. The molecule has 0 unspecified atom stereocenters. The summed E-state index contributed by atoms with van der Waals surface area (Å²) in [7, 11) is 0. The molecular weight excluding hydrogens is 300 g/mol. The van der Waals surface area contributed by atoms with Crippen LogP contribution in [0, 0.1) is 11.6 Å². The van der Waals surface area contributed by atoms with Gasteiger partial charge in [-0.25, -0.2) is 13.6 Å². The molecule has 0 spiro atoms. The number of halogens is 2. The zero-order valence-corrected chi connectivity index (χ0v) is 11.3. The number of hydrogen-bond acceptors (Lipinski definition) is 4. The van der Waals surface area contributed by atoms with Gasteiger partial charge in [0.1, 0.15) is 17.9 Å². The number of carbonyl (C=O) groups is 2. The highest BCUT2D eigenvalue weighted by Gasteiger charge is 2.15. The number of carbonyl (C=O) groups excluding carboxylic acids is 1. The highest BCUT2D eigenvalue weighted by Crippen LogP contribution is 2.25. The number of aldehydes is 1. The van der Waals surface area contributed by atoms with E-state index in [2.05, 4.69) is 4.72 Å². The van der Waals surface area contributed by atoms with Gasteiger partial charge in [0.15, 0.2) is 0 Å². The Labute approximate surface area is 122 Å². The van der Waals surface area contributed by atoms with E-state index < -0.39 is 23.2 Å². The Morgan fingerprint density at radius 1 is 1.14 bits per heavy atom. The lowest BCUT2D eigenvalue weighted by Gasteiger charge is -2.08. The molecule has 2 aromatic rings. The third kappa shape index (κ3) is 3.57. The standard InChI is InChI=1S/C14H9F2NO3S/c15-11-6-13(12(16)5-10(11)14(19)20)17-21-9-3-1-8(7-18)2-4-9/h1-7,17H,(H,19,20). The van der Waals surface area contributed by atoms with E-state index in [9.17, 15) is 18.4 Å². The molecule has 7 heteroatoms. The first-order valence-corrected chi connectivity index (χ1v) is 6.53. The van der Waals surface area contributed by atoms with E-state index in [1.807, 2.05) is 0 Å². The molecule has 0 radical (unpaired) electrons. The fourth-order valence-electron chi connectivity index (χ4n) is 1.52. The summed E-state index contributed by atoms with van der Waals surface area (Å²) in [5, 5.41) is 8.68. The number of rotatable bonds is 5. The van der Waals surface area contributed by atoms with Crippen LogP contribution >= 0.6 is 11.9 Å². The Balaban J connectivity index is 2.14. The topological polar surface area (TPSA) is 66.4 Å². The number of nitrogens with one attached hydrogen (secondary N) is 1. The van der Waals surface area contributed by atoms with Crippen molar-refractivity contribution in [3.05, 3.63) is 59.2 Å². The van der Waals surface area contributed by atoms with Crippen molar-refractivity contribution >= 4 is 29.9 Å². The molecule has 21 heavy (non-hydrogen) atoms. The monoisotopic (exact) mass is 309 g/mol. The van der Waals surface area contributed by atoms with Gasteiger partial charge in [0.2, 0.25) is 0 Å². The third-order valence-electron chi connectivity index (χ3n) is 2.58. The number of anilines is 1. The highest BCUT2D eigenvalue weighted by molar-refractivity contribution is 8.00. The van der Waals surface area contributed by atoms with E-state index in [4.69, 9.17) is 5.11 Å². The molecule has 2 aromatic carbocycles. The first-order chi connectivity index (χ1) is 10.0. The van der Waals surface area contributed by atoms with E-state index >= 15 is 0 Å². The number of aromatic carboxylic acids is 1. The number of carboxylic acids is 1. The summed E-state index contributed by atoms with van der Waals surface area (Å²) >= 11 is 1.01. The van der Waals surface area contributed by atoms with Gasteiger partial charge in [-0.15, -0.1) is 0 Å². The van der Waals surface area contributed by atoms with Crippen molar-refractivity contribution in [2.45, 2.75) is 4.90 Å². The SMILES string of the molecule is O=Cc1ccc(SNc2cc(F)c(C(=O)O)cc2F)cc1. The van der Waals surface area contributed by atoms with E-state index in [-0.39, 0.29) is 5.69 Å². The summed E-state index contributed by atoms with van der Waals surface area (Å²) in [6.07, 6.45) is 0.696. The second-order valence-electron chi connectivity index (χ2n) is 4.01. The predicted molar refractivity (Wildman–Crippen MR) is 74.6 cm³/mol. The molecule has 0 heterocycles. The maximum absolute atomic E-state index is 13.7. The third-order valence-corrected chi connectivity index (χ3v) is 3.41. The van der Waals surface area contributed by atoms with Crippen LogP contribution in [-0.2, 0) is 0 Å². The van der Waals surface area contributed by atoms with Crippen LogP contribution in [0.15, 0.2) is 41.3 Å². The van der Waals surface area contributed by atoms with Crippen molar-refractivity contribution in [3.63, 3.8) is 0 Å². The summed E-state index contributed by atoms with van der Waals surface area (Å²) in [6.45, 7) is 0. The molecule has 2 N–H and O–H groups in total. The van der Waals surface area contributed by atoms with Crippen LogP contribution in [0.3, 0.4) is 0 Å². The average Bonchev–Trinajstić information content (AvgIpc) is 2.48. The van der Waals surface area contributed by atoms with Crippen molar-refractivity contribution in [3.8, 4) is 0 Å². The van der Waals surface area contributed by atoms with E-state index in [0.29, 0.717) is 22.8 Å². The van der Waals surface area contributed by atoms with Crippen LogP contribution in [0.25, 0.3) is 0 Å². The molecule has 0 aliphatic carbocycles. The highest BCUT2D eigenvalue weighted by atomic mass is 32.2.